The Labute approximate surface area is 145 Å². The van der Waals surface area contributed by atoms with Gasteiger partial charge in [-0.05, 0) is 24.6 Å². The lowest BCUT2D eigenvalue weighted by molar-refractivity contribution is -0.126. The van der Waals surface area contributed by atoms with Crippen LogP contribution in [0.5, 0.6) is 0 Å². The Hall–Kier alpha value is -3.15. The van der Waals surface area contributed by atoms with Gasteiger partial charge in [0.15, 0.2) is 0 Å². The largest absolute Gasteiger partial charge is 0.347 e. The molecule has 6 heteroatoms. The van der Waals surface area contributed by atoms with Crippen LogP contribution in [-0.2, 0) is 16.0 Å². The minimum Gasteiger partial charge on any atom is -0.347 e. The van der Waals surface area contributed by atoms with Crippen LogP contribution < -0.4 is 10.6 Å². The Bertz CT molecular complexity index is 840. The summed E-state index contributed by atoms with van der Waals surface area (Å²) in [7, 11) is 0. The average Bonchev–Trinajstić information content (AvgIpc) is 3.05. The molecular formula is C19H20N4O2. The summed E-state index contributed by atoms with van der Waals surface area (Å²) in [5.74, 6) is 0.247. The van der Waals surface area contributed by atoms with E-state index in [1.165, 1.54) is 0 Å². The molecule has 3 aromatic rings. The van der Waals surface area contributed by atoms with Crippen molar-refractivity contribution >= 4 is 22.8 Å². The molecule has 0 fully saturated rings. The molecule has 25 heavy (non-hydrogen) atoms. The van der Waals surface area contributed by atoms with Crippen LogP contribution in [0.3, 0.4) is 0 Å². The van der Waals surface area contributed by atoms with E-state index in [4.69, 9.17) is 0 Å². The zero-order valence-corrected chi connectivity index (χ0v) is 14.0. The van der Waals surface area contributed by atoms with Crippen molar-refractivity contribution in [2.75, 3.05) is 6.54 Å². The molecule has 0 aliphatic carbocycles. The third-order valence-corrected chi connectivity index (χ3v) is 3.85. The van der Waals surface area contributed by atoms with Crippen LogP contribution in [0.25, 0.3) is 11.0 Å². The number of nitrogens with zero attached hydrogens (tertiary/aromatic N) is 1. The van der Waals surface area contributed by atoms with E-state index >= 15 is 0 Å². The first kappa shape index (κ1) is 16.7. The molecule has 128 valence electrons. The predicted octanol–water partition coefficient (Wildman–Crippen LogP) is 2.10. The van der Waals surface area contributed by atoms with Gasteiger partial charge >= 0.3 is 0 Å². The highest BCUT2D eigenvalue weighted by Crippen LogP contribution is 2.15. The summed E-state index contributed by atoms with van der Waals surface area (Å²) >= 11 is 0. The number of carbonyl (C=O) groups is 2. The highest BCUT2D eigenvalue weighted by Gasteiger charge is 2.14. The predicted molar refractivity (Wildman–Crippen MR) is 95.8 cm³/mol. The fourth-order valence-electron chi connectivity index (χ4n) is 2.56. The molecule has 2 aromatic carbocycles. The number of fused-ring (bicyclic) bond motifs is 1. The van der Waals surface area contributed by atoms with Gasteiger partial charge in [-0.25, -0.2) is 4.98 Å². The molecule has 0 aliphatic rings. The van der Waals surface area contributed by atoms with E-state index in [1.807, 2.05) is 61.5 Å². The number of para-hydroxylation sites is 2. The van der Waals surface area contributed by atoms with Gasteiger partial charge in [0.1, 0.15) is 5.82 Å². The molecule has 1 unspecified atom stereocenters. The summed E-state index contributed by atoms with van der Waals surface area (Å²) in [6, 6.07) is 16.8. The van der Waals surface area contributed by atoms with Crippen LogP contribution in [0.4, 0.5) is 0 Å². The van der Waals surface area contributed by atoms with Crippen molar-refractivity contribution in [3.05, 3.63) is 66.0 Å². The number of nitrogens with one attached hydrogen (secondary N) is 3. The summed E-state index contributed by atoms with van der Waals surface area (Å²) in [5, 5.41) is 5.46. The van der Waals surface area contributed by atoms with Gasteiger partial charge in [0.25, 0.3) is 0 Å². The number of amides is 2. The van der Waals surface area contributed by atoms with Gasteiger partial charge in [0.05, 0.1) is 30.0 Å². The smallest absolute Gasteiger partial charge is 0.239 e. The van der Waals surface area contributed by atoms with Crippen LogP contribution in [0.1, 0.15) is 24.4 Å². The highest BCUT2D eigenvalue weighted by molar-refractivity contribution is 5.86. The van der Waals surface area contributed by atoms with E-state index in [0.29, 0.717) is 5.82 Å². The number of benzene rings is 2. The summed E-state index contributed by atoms with van der Waals surface area (Å²) in [6.07, 6.45) is 0.257. The first-order valence-corrected chi connectivity index (χ1v) is 8.16. The number of hydrogen-bond acceptors (Lipinski definition) is 3. The minimum absolute atomic E-state index is 0.0593. The van der Waals surface area contributed by atoms with Crippen LogP contribution in [0, 0.1) is 0 Å². The van der Waals surface area contributed by atoms with Gasteiger partial charge in [0, 0.05) is 0 Å². The number of aromatic nitrogens is 2. The van der Waals surface area contributed by atoms with E-state index in [-0.39, 0.29) is 30.8 Å². The van der Waals surface area contributed by atoms with E-state index < -0.39 is 0 Å². The minimum atomic E-state index is -0.272. The zero-order valence-electron chi connectivity index (χ0n) is 14.0. The summed E-state index contributed by atoms with van der Waals surface area (Å²) in [4.78, 5) is 31.6. The molecule has 0 aliphatic heterocycles. The Balaban J connectivity index is 1.49. The van der Waals surface area contributed by atoms with Crippen LogP contribution in [0.15, 0.2) is 54.6 Å². The molecular weight excluding hydrogens is 316 g/mol. The molecule has 3 rings (SSSR count). The number of rotatable bonds is 6. The molecule has 0 saturated heterocycles. The second-order valence-corrected chi connectivity index (χ2v) is 5.87. The van der Waals surface area contributed by atoms with Crippen molar-refractivity contribution in [2.45, 2.75) is 19.4 Å². The lowest BCUT2D eigenvalue weighted by Gasteiger charge is -2.12. The van der Waals surface area contributed by atoms with Crippen LogP contribution in [-0.4, -0.2) is 28.3 Å². The number of aromatic amines is 1. The van der Waals surface area contributed by atoms with Gasteiger partial charge in [0.2, 0.25) is 11.8 Å². The monoisotopic (exact) mass is 336 g/mol. The van der Waals surface area contributed by atoms with Crippen molar-refractivity contribution in [1.82, 2.24) is 20.6 Å². The molecule has 0 spiro atoms. The van der Waals surface area contributed by atoms with Gasteiger partial charge in [-0.15, -0.1) is 0 Å². The van der Waals surface area contributed by atoms with Crippen LogP contribution in [0.2, 0.25) is 0 Å². The lowest BCUT2D eigenvalue weighted by Crippen LogP contribution is -2.38. The third kappa shape index (κ3) is 4.44. The maximum Gasteiger partial charge on any atom is 0.239 e. The number of hydrogen-bond donors (Lipinski definition) is 3. The Morgan fingerprint density at radius 1 is 1.04 bits per heavy atom. The van der Waals surface area contributed by atoms with Gasteiger partial charge in [-0.1, -0.05) is 42.5 Å². The zero-order chi connectivity index (χ0) is 17.6. The molecule has 2 amide bonds. The molecule has 1 heterocycles. The summed E-state index contributed by atoms with van der Waals surface area (Å²) in [5.41, 5.74) is 2.69. The van der Waals surface area contributed by atoms with Crippen molar-refractivity contribution in [2.24, 2.45) is 0 Å². The van der Waals surface area contributed by atoms with E-state index in [0.717, 1.165) is 16.6 Å². The number of carbonyl (C=O) groups excluding carboxylic acids is 2. The van der Waals surface area contributed by atoms with Crippen molar-refractivity contribution in [3.8, 4) is 0 Å². The normalized spacial score (nSPS) is 11.9. The highest BCUT2D eigenvalue weighted by atomic mass is 16.2. The van der Waals surface area contributed by atoms with Crippen molar-refractivity contribution in [3.63, 3.8) is 0 Å². The number of imidazole rings is 1. The van der Waals surface area contributed by atoms with Gasteiger partial charge in [-0.2, -0.15) is 0 Å². The van der Waals surface area contributed by atoms with Crippen LogP contribution >= 0.6 is 0 Å². The maximum absolute atomic E-state index is 12.0. The molecule has 1 atom stereocenters. The maximum atomic E-state index is 12.0. The van der Waals surface area contributed by atoms with E-state index in [9.17, 15) is 9.59 Å². The SMILES string of the molecule is CC(NC(=O)CNC(=O)Cc1ccccc1)c1nc2ccccc2[nH]1. The number of H-pyrrole nitrogens is 1. The van der Waals surface area contributed by atoms with Crippen molar-refractivity contribution < 1.29 is 9.59 Å². The first-order chi connectivity index (χ1) is 12.1. The average molecular weight is 336 g/mol. The van der Waals surface area contributed by atoms with Gasteiger partial charge < -0.3 is 15.6 Å². The molecule has 0 radical (unpaired) electrons. The topological polar surface area (TPSA) is 86.9 Å². The quantitative estimate of drug-likeness (QED) is 0.644. The standard InChI is InChI=1S/C19H20N4O2/c1-13(19-22-15-9-5-6-10-16(15)23-19)21-18(25)12-20-17(24)11-14-7-3-2-4-8-14/h2-10,13H,11-12H2,1H3,(H,20,24)(H,21,25)(H,22,23). The second-order valence-electron chi connectivity index (χ2n) is 5.87. The van der Waals surface area contributed by atoms with E-state index in [2.05, 4.69) is 20.6 Å². The molecule has 0 bridgehead atoms. The van der Waals surface area contributed by atoms with Crippen molar-refractivity contribution in [1.29, 1.82) is 0 Å². The lowest BCUT2D eigenvalue weighted by atomic mass is 10.1. The van der Waals surface area contributed by atoms with E-state index in [1.54, 1.807) is 0 Å². The van der Waals surface area contributed by atoms with Gasteiger partial charge in [-0.3, -0.25) is 9.59 Å². The molecule has 6 nitrogen and oxygen atoms in total. The fraction of sp³-hybridized carbons (Fsp3) is 0.211. The fourth-order valence-corrected chi connectivity index (χ4v) is 2.56. The Morgan fingerprint density at radius 3 is 2.52 bits per heavy atom. The second kappa shape index (κ2) is 7.61. The first-order valence-electron chi connectivity index (χ1n) is 8.16. The molecule has 0 saturated carbocycles. The Morgan fingerprint density at radius 2 is 1.76 bits per heavy atom. The molecule has 3 N–H and O–H groups in total. The Kier molecular flexibility index (Phi) is 5.09. The summed E-state index contributed by atoms with van der Waals surface area (Å²) in [6.45, 7) is 1.79. The summed E-state index contributed by atoms with van der Waals surface area (Å²) < 4.78 is 0. The molecule has 1 aromatic heterocycles. The third-order valence-electron chi connectivity index (χ3n) is 3.85.